The minimum Gasteiger partial charge on any atom is -0.485 e. The first-order valence-corrected chi connectivity index (χ1v) is 8.70. The van der Waals surface area contributed by atoms with E-state index in [4.69, 9.17) is 9.26 Å². The van der Waals surface area contributed by atoms with Crippen LogP contribution in [0.4, 0.5) is 5.69 Å². The second-order valence-corrected chi connectivity index (χ2v) is 6.12. The minimum absolute atomic E-state index is 0.0461. The van der Waals surface area contributed by atoms with Gasteiger partial charge in [0.05, 0.1) is 6.04 Å². The molecule has 28 heavy (non-hydrogen) atoms. The minimum atomic E-state index is -0.449. The van der Waals surface area contributed by atoms with Gasteiger partial charge in [0.25, 0.3) is 0 Å². The SMILES string of the molecule is CC(=O)Nc1ccc(OCc2noc(C(=O)N[C@@H](C)c3ccccc3)n2)cc1. The van der Waals surface area contributed by atoms with Gasteiger partial charge >= 0.3 is 11.8 Å². The van der Waals surface area contributed by atoms with Gasteiger partial charge in [-0.05, 0) is 36.8 Å². The van der Waals surface area contributed by atoms with Crippen molar-refractivity contribution < 1.29 is 18.8 Å². The van der Waals surface area contributed by atoms with Crippen molar-refractivity contribution in [1.82, 2.24) is 15.5 Å². The summed E-state index contributed by atoms with van der Waals surface area (Å²) in [4.78, 5) is 27.3. The number of nitrogens with zero attached hydrogens (tertiary/aromatic N) is 2. The van der Waals surface area contributed by atoms with Gasteiger partial charge in [0.15, 0.2) is 6.61 Å². The lowest BCUT2D eigenvalue weighted by Gasteiger charge is -2.12. The van der Waals surface area contributed by atoms with Crippen LogP contribution in [0.1, 0.15) is 42.0 Å². The van der Waals surface area contributed by atoms with Crippen molar-refractivity contribution in [2.75, 3.05) is 5.32 Å². The lowest BCUT2D eigenvalue weighted by Crippen LogP contribution is -2.26. The first-order chi connectivity index (χ1) is 13.5. The molecule has 0 saturated carbocycles. The van der Waals surface area contributed by atoms with Gasteiger partial charge in [-0.3, -0.25) is 9.59 Å². The van der Waals surface area contributed by atoms with Crippen LogP contribution in [0.5, 0.6) is 5.75 Å². The molecule has 1 aromatic heterocycles. The normalized spacial score (nSPS) is 11.5. The molecule has 2 N–H and O–H groups in total. The Morgan fingerprint density at radius 3 is 2.50 bits per heavy atom. The molecule has 0 aliphatic carbocycles. The predicted molar refractivity (Wildman–Crippen MR) is 102 cm³/mol. The van der Waals surface area contributed by atoms with Crippen molar-refractivity contribution >= 4 is 17.5 Å². The lowest BCUT2D eigenvalue weighted by atomic mass is 10.1. The molecule has 8 heteroatoms. The van der Waals surface area contributed by atoms with Gasteiger partial charge in [0.1, 0.15) is 5.75 Å². The third kappa shape index (κ3) is 5.16. The molecule has 144 valence electrons. The number of anilines is 1. The highest BCUT2D eigenvalue weighted by atomic mass is 16.5. The molecule has 0 bridgehead atoms. The maximum Gasteiger partial charge on any atom is 0.316 e. The Bertz CT molecular complexity index is 938. The van der Waals surface area contributed by atoms with E-state index < -0.39 is 5.91 Å². The summed E-state index contributed by atoms with van der Waals surface area (Å²) < 4.78 is 10.6. The standard InChI is InChI=1S/C20H20N4O4/c1-13(15-6-4-3-5-7-15)21-19(26)20-23-18(24-28-20)12-27-17-10-8-16(9-11-17)22-14(2)25/h3-11,13H,12H2,1-2H3,(H,21,26)(H,22,25)/t13-/m0/s1. The smallest absolute Gasteiger partial charge is 0.316 e. The summed E-state index contributed by atoms with van der Waals surface area (Å²) in [5.74, 6) is 0.107. The molecule has 0 radical (unpaired) electrons. The van der Waals surface area contributed by atoms with Crippen molar-refractivity contribution in [3.8, 4) is 5.75 Å². The van der Waals surface area contributed by atoms with Crippen LogP contribution in [0.3, 0.4) is 0 Å². The Kier molecular flexibility index (Phi) is 6.01. The van der Waals surface area contributed by atoms with Gasteiger partial charge in [-0.25, -0.2) is 0 Å². The molecule has 1 atom stereocenters. The Morgan fingerprint density at radius 1 is 1.11 bits per heavy atom. The number of carbonyl (C=O) groups excluding carboxylic acids is 2. The van der Waals surface area contributed by atoms with Crippen LogP contribution in [0, 0.1) is 0 Å². The number of carbonyl (C=O) groups is 2. The summed E-state index contributed by atoms with van der Waals surface area (Å²) in [6.45, 7) is 3.36. The predicted octanol–water partition coefficient (Wildman–Crippen LogP) is 3.10. The topological polar surface area (TPSA) is 106 Å². The van der Waals surface area contributed by atoms with E-state index in [0.717, 1.165) is 5.56 Å². The van der Waals surface area contributed by atoms with Gasteiger partial charge in [-0.1, -0.05) is 35.5 Å². The molecule has 3 rings (SSSR count). The molecular formula is C20H20N4O4. The summed E-state index contributed by atoms with van der Waals surface area (Å²) in [5.41, 5.74) is 1.65. The fourth-order valence-electron chi connectivity index (χ4n) is 2.47. The fraction of sp³-hybridized carbons (Fsp3) is 0.200. The molecule has 3 aromatic rings. The van der Waals surface area contributed by atoms with Gasteiger partial charge in [-0.15, -0.1) is 0 Å². The number of aromatic nitrogens is 2. The molecule has 1 heterocycles. The molecular weight excluding hydrogens is 360 g/mol. The number of hydrogen-bond donors (Lipinski definition) is 2. The third-order valence-corrected chi connectivity index (χ3v) is 3.85. The van der Waals surface area contributed by atoms with E-state index in [0.29, 0.717) is 11.4 Å². The monoisotopic (exact) mass is 380 g/mol. The number of hydrogen-bond acceptors (Lipinski definition) is 6. The van der Waals surface area contributed by atoms with E-state index in [1.807, 2.05) is 37.3 Å². The van der Waals surface area contributed by atoms with E-state index in [2.05, 4.69) is 20.8 Å². The van der Waals surface area contributed by atoms with Crippen LogP contribution in [0.15, 0.2) is 59.1 Å². The Morgan fingerprint density at radius 2 is 1.82 bits per heavy atom. The van der Waals surface area contributed by atoms with Crippen molar-refractivity contribution in [3.05, 3.63) is 71.9 Å². The second kappa shape index (κ2) is 8.81. The van der Waals surface area contributed by atoms with E-state index in [9.17, 15) is 9.59 Å². The van der Waals surface area contributed by atoms with Crippen molar-refractivity contribution in [2.45, 2.75) is 26.5 Å². The average molecular weight is 380 g/mol. The summed E-state index contributed by atoms with van der Waals surface area (Å²) in [5, 5.41) is 9.24. The molecule has 0 fully saturated rings. The molecule has 2 amide bonds. The third-order valence-electron chi connectivity index (χ3n) is 3.85. The molecule has 0 unspecified atom stereocenters. The zero-order chi connectivity index (χ0) is 19.9. The zero-order valence-electron chi connectivity index (χ0n) is 15.5. The maximum absolute atomic E-state index is 12.3. The van der Waals surface area contributed by atoms with Crippen molar-refractivity contribution in [2.24, 2.45) is 0 Å². The molecule has 0 aliphatic rings. The Labute approximate surface area is 161 Å². The number of amides is 2. The zero-order valence-corrected chi connectivity index (χ0v) is 15.5. The van der Waals surface area contributed by atoms with E-state index >= 15 is 0 Å². The highest BCUT2D eigenvalue weighted by Crippen LogP contribution is 2.17. The largest absolute Gasteiger partial charge is 0.485 e. The first kappa shape index (κ1) is 19.1. The van der Waals surface area contributed by atoms with Gasteiger partial charge in [-0.2, -0.15) is 4.98 Å². The molecule has 0 saturated heterocycles. The quantitative estimate of drug-likeness (QED) is 0.652. The van der Waals surface area contributed by atoms with E-state index in [1.165, 1.54) is 6.92 Å². The Balaban J connectivity index is 1.53. The van der Waals surface area contributed by atoms with Crippen molar-refractivity contribution in [1.29, 1.82) is 0 Å². The van der Waals surface area contributed by atoms with Gasteiger partial charge in [0.2, 0.25) is 11.7 Å². The van der Waals surface area contributed by atoms with Crippen LogP contribution >= 0.6 is 0 Å². The van der Waals surface area contributed by atoms with Crippen LogP contribution in [0.25, 0.3) is 0 Å². The second-order valence-electron chi connectivity index (χ2n) is 6.12. The summed E-state index contributed by atoms with van der Waals surface area (Å²) >= 11 is 0. The van der Waals surface area contributed by atoms with Crippen LogP contribution < -0.4 is 15.4 Å². The van der Waals surface area contributed by atoms with Crippen LogP contribution in [0.2, 0.25) is 0 Å². The highest BCUT2D eigenvalue weighted by Gasteiger charge is 2.18. The Hall–Kier alpha value is -3.68. The van der Waals surface area contributed by atoms with E-state index in [1.54, 1.807) is 24.3 Å². The van der Waals surface area contributed by atoms with Gasteiger partial charge in [0, 0.05) is 12.6 Å². The number of rotatable bonds is 7. The molecule has 8 nitrogen and oxygen atoms in total. The van der Waals surface area contributed by atoms with Crippen LogP contribution in [-0.2, 0) is 11.4 Å². The lowest BCUT2D eigenvalue weighted by molar-refractivity contribution is -0.114. The van der Waals surface area contributed by atoms with Crippen LogP contribution in [-0.4, -0.2) is 22.0 Å². The fourth-order valence-corrected chi connectivity index (χ4v) is 2.47. The highest BCUT2D eigenvalue weighted by molar-refractivity contribution is 5.89. The molecule has 2 aromatic carbocycles. The molecule has 0 aliphatic heterocycles. The van der Waals surface area contributed by atoms with Crippen molar-refractivity contribution in [3.63, 3.8) is 0 Å². The first-order valence-electron chi connectivity index (χ1n) is 8.70. The summed E-state index contributed by atoms with van der Waals surface area (Å²) in [7, 11) is 0. The van der Waals surface area contributed by atoms with Gasteiger partial charge < -0.3 is 19.9 Å². The summed E-state index contributed by atoms with van der Waals surface area (Å²) in [6, 6.07) is 16.2. The average Bonchev–Trinajstić information content (AvgIpc) is 3.17. The number of nitrogens with one attached hydrogen (secondary N) is 2. The van der Waals surface area contributed by atoms with E-state index in [-0.39, 0.29) is 30.3 Å². The maximum atomic E-state index is 12.3. The summed E-state index contributed by atoms with van der Waals surface area (Å²) in [6.07, 6.45) is 0. The number of ether oxygens (including phenoxy) is 1. The number of benzene rings is 2. The molecule has 0 spiro atoms.